The van der Waals surface area contributed by atoms with Crippen molar-refractivity contribution in [2.75, 3.05) is 20.2 Å². The third kappa shape index (κ3) is 6.30. The molecule has 0 unspecified atom stereocenters. The number of hydrogen-bond donors (Lipinski definition) is 2. The normalized spacial score (nSPS) is 12.1. The van der Waals surface area contributed by atoms with Crippen LogP contribution in [0.25, 0.3) is 5.57 Å². The SMILES string of the molecule is Cc1ccsc1C(=CCCN(C)[C@H](CO)C(=O)NCc1ccc(Cl)cc1)c1sccc1C. The van der Waals surface area contributed by atoms with Gasteiger partial charge < -0.3 is 10.4 Å². The fourth-order valence-electron chi connectivity index (χ4n) is 3.49. The van der Waals surface area contributed by atoms with Gasteiger partial charge in [0.05, 0.1) is 6.61 Å². The number of carbonyl (C=O) groups excluding carboxylic acids is 1. The summed E-state index contributed by atoms with van der Waals surface area (Å²) in [7, 11) is 1.88. The number of nitrogens with one attached hydrogen (secondary N) is 1. The van der Waals surface area contributed by atoms with Gasteiger partial charge in [-0.25, -0.2) is 0 Å². The highest BCUT2D eigenvalue weighted by molar-refractivity contribution is 7.14. The van der Waals surface area contributed by atoms with Crippen LogP contribution in [0.4, 0.5) is 0 Å². The molecule has 3 rings (SSSR count). The van der Waals surface area contributed by atoms with Crippen molar-refractivity contribution in [3.8, 4) is 0 Å². The summed E-state index contributed by atoms with van der Waals surface area (Å²) in [6.07, 6.45) is 3.04. The Hall–Kier alpha value is -1.96. The van der Waals surface area contributed by atoms with E-state index in [0.717, 1.165) is 12.0 Å². The minimum absolute atomic E-state index is 0.183. The molecule has 0 saturated carbocycles. The Morgan fingerprint density at radius 1 is 1.09 bits per heavy atom. The van der Waals surface area contributed by atoms with Crippen molar-refractivity contribution in [2.45, 2.75) is 32.9 Å². The fourth-order valence-corrected chi connectivity index (χ4v) is 5.63. The lowest BCUT2D eigenvalue weighted by atomic mass is 10.1. The monoisotopic (exact) mass is 488 g/mol. The van der Waals surface area contributed by atoms with Gasteiger partial charge >= 0.3 is 0 Å². The first-order valence-electron chi connectivity index (χ1n) is 10.5. The zero-order valence-corrected chi connectivity index (χ0v) is 21.0. The van der Waals surface area contributed by atoms with Gasteiger partial charge in [0, 0.05) is 33.4 Å². The maximum atomic E-state index is 12.7. The van der Waals surface area contributed by atoms with Crippen LogP contribution in [0.15, 0.2) is 53.2 Å². The standard InChI is InChI=1S/C25H29ClN2O2S2/c1-17-10-13-31-23(17)21(24-18(2)11-14-32-24)5-4-12-28(3)22(16-29)25(30)27-15-19-6-8-20(26)9-7-19/h5-11,13-14,22,29H,4,12,15-16H2,1-3H3,(H,27,30)/t22-/m1/s1. The molecule has 0 spiro atoms. The van der Waals surface area contributed by atoms with Crippen molar-refractivity contribution in [1.29, 1.82) is 0 Å². The van der Waals surface area contributed by atoms with Gasteiger partial charge in [-0.1, -0.05) is 29.8 Å². The lowest BCUT2D eigenvalue weighted by molar-refractivity contribution is -0.127. The highest BCUT2D eigenvalue weighted by Crippen LogP contribution is 2.35. The molecule has 32 heavy (non-hydrogen) atoms. The molecule has 0 aliphatic heterocycles. The number of nitrogens with zero attached hydrogens (tertiary/aromatic N) is 1. The number of halogens is 1. The van der Waals surface area contributed by atoms with Crippen LogP contribution in [-0.4, -0.2) is 42.2 Å². The van der Waals surface area contributed by atoms with Crippen LogP contribution in [0.3, 0.4) is 0 Å². The summed E-state index contributed by atoms with van der Waals surface area (Å²) < 4.78 is 0. The van der Waals surface area contributed by atoms with Gasteiger partial charge in [0.2, 0.25) is 5.91 Å². The molecule has 0 radical (unpaired) electrons. The second-order valence-corrected chi connectivity index (χ2v) is 10.1. The molecule has 1 aromatic carbocycles. The summed E-state index contributed by atoms with van der Waals surface area (Å²) >= 11 is 9.43. The van der Waals surface area contributed by atoms with Crippen LogP contribution in [0, 0.1) is 13.8 Å². The Morgan fingerprint density at radius 2 is 1.69 bits per heavy atom. The largest absolute Gasteiger partial charge is 0.394 e. The van der Waals surface area contributed by atoms with E-state index in [-0.39, 0.29) is 12.5 Å². The predicted molar refractivity (Wildman–Crippen MR) is 137 cm³/mol. The molecule has 2 N–H and O–H groups in total. The van der Waals surface area contributed by atoms with E-state index in [1.807, 2.05) is 24.1 Å². The molecule has 0 aliphatic carbocycles. The van der Waals surface area contributed by atoms with Gasteiger partial charge in [0.15, 0.2) is 0 Å². The van der Waals surface area contributed by atoms with Crippen molar-refractivity contribution in [3.63, 3.8) is 0 Å². The van der Waals surface area contributed by atoms with E-state index in [1.54, 1.807) is 34.8 Å². The Kier molecular flexibility index (Phi) is 9.08. The van der Waals surface area contributed by atoms with Crippen LogP contribution in [0.1, 0.15) is 32.9 Å². The van der Waals surface area contributed by atoms with Crippen LogP contribution >= 0.6 is 34.3 Å². The van der Waals surface area contributed by atoms with E-state index < -0.39 is 6.04 Å². The van der Waals surface area contributed by atoms with Crippen molar-refractivity contribution < 1.29 is 9.90 Å². The van der Waals surface area contributed by atoms with Crippen LogP contribution in [-0.2, 0) is 11.3 Å². The van der Waals surface area contributed by atoms with E-state index in [1.165, 1.54) is 26.5 Å². The van der Waals surface area contributed by atoms with E-state index >= 15 is 0 Å². The highest BCUT2D eigenvalue weighted by atomic mass is 35.5. The third-order valence-electron chi connectivity index (χ3n) is 5.43. The number of thiophene rings is 2. The van der Waals surface area contributed by atoms with E-state index in [2.05, 4.69) is 48.1 Å². The summed E-state index contributed by atoms with van der Waals surface area (Å²) in [5, 5.41) is 17.7. The van der Waals surface area contributed by atoms with Gasteiger partial charge in [0.25, 0.3) is 0 Å². The summed E-state index contributed by atoms with van der Waals surface area (Å²) in [5.74, 6) is -0.183. The molecule has 7 heteroatoms. The molecule has 1 atom stereocenters. The molecule has 0 aliphatic rings. The van der Waals surface area contributed by atoms with Gasteiger partial charge in [-0.05, 0) is 79.0 Å². The maximum Gasteiger partial charge on any atom is 0.239 e. The Morgan fingerprint density at radius 3 is 2.19 bits per heavy atom. The fraction of sp³-hybridized carbons (Fsp3) is 0.320. The number of aliphatic hydroxyl groups excluding tert-OH is 1. The topological polar surface area (TPSA) is 52.6 Å². The lowest BCUT2D eigenvalue weighted by Gasteiger charge is -2.25. The molecular formula is C25H29ClN2O2S2. The minimum atomic E-state index is -0.592. The molecule has 3 aromatic rings. The average Bonchev–Trinajstić information content (AvgIpc) is 3.39. The van der Waals surface area contributed by atoms with Gasteiger partial charge in [-0.2, -0.15) is 0 Å². The second-order valence-electron chi connectivity index (χ2n) is 7.80. The third-order valence-corrected chi connectivity index (χ3v) is 7.78. The number of benzene rings is 1. The van der Waals surface area contributed by atoms with Crippen molar-refractivity contribution >= 4 is 45.8 Å². The smallest absolute Gasteiger partial charge is 0.239 e. The predicted octanol–water partition coefficient (Wildman–Crippen LogP) is 5.51. The number of hydrogen-bond acceptors (Lipinski definition) is 5. The first-order chi connectivity index (χ1) is 15.4. The summed E-state index contributed by atoms with van der Waals surface area (Å²) in [6.45, 7) is 5.12. The van der Waals surface area contributed by atoms with Gasteiger partial charge in [-0.15, -0.1) is 22.7 Å². The summed E-state index contributed by atoms with van der Waals surface area (Å²) in [4.78, 5) is 17.2. The number of aryl methyl sites for hydroxylation is 2. The molecule has 0 saturated heterocycles. The Labute approximate surface area is 203 Å². The van der Waals surface area contributed by atoms with Crippen molar-refractivity contribution in [2.24, 2.45) is 0 Å². The first-order valence-corrected chi connectivity index (χ1v) is 12.7. The highest BCUT2D eigenvalue weighted by Gasteiger charge is 2.22. The quantitative estimate of drug-likeness (QED) is 0.395. The molecule has 0 bridgehead atoms. The summed E-state index contributed by atoms with van der Waals surface area (Å²) in [5.41, 5.74) is 4.77. The van der Waals surface area contributed by atoms with E-state index in [0.29, 0.717) is 18.1 Å². The van der Waals surface area contributed by atoms with Crippen molar-refractivity contribution in [1.82, 2.24) is 10.2 Å². The van der Waals surface area contributed by atoms with Gasteiger partial charge in [0.1, 0.15) is 6.04 Å². The molecule has 0 fully saturated rings. The second kappa shape index (κ2) is 11.8. The van der Waals surface area contributed by atoms with Gasteiger partial charge in [-0.3, -0.25) is 9.69 Å². The van der Waals surface area contributed by atoms with E-state index in [9.17, 15) is 9.90 Å². The molecule has 2 aromatic heterocycles. The van der Waals surface area contributed by atoms with Crippen molar-refractivity contribution in [3.05, 3.63) is 84.7 Å². The Balaban J connectivity index is 1.63. The molecule has 1 amide bonds. The maximum absolute atomic E-state index is 12.7. The van der Waals surface area contributed by atoms with Crippen LogP contribution < -0.4 is 5.32 Å². The number of likely N-dealkylation sites (N-methyl/N-ethyl adjacent to an activating group) is 1. The number of aliphatic hydroxyl groups is 1. The molecule has 2 heterocycles. The lowest BCUT2D eigenvalue weighted by Crippen LogP contribution is -2.47. The van der Waals surface area contributed by atoms with E-state index in [4.69, 9.17) is 11.6 Å². The zero-order valence-electron chi connectivity index (χ0n) is 18.6. The summed E-state index contributed by atoms with van der Waals surface area (Å²) in [6, 6.07) is 11.1. The van der Waals surface area contributed by atoms with Crippen LogP contribution in [0.5, 0.6) is 0 Å². The molecular weight excluding hydrogens is 460 g/mol. The number of rotatable bonds is 10. The Bertz CT molecular complexity index is 1010. The first kappa shape index (κ1) is 24.7. The molecule has 170 valence electrons. The average molecular weight is 489 g/mol. The number of carbonyl (C=O) groups is 1. The number of amides is 1. The zero-order chi connectivity index (χ0) is 23.1. The molecule has 4 nitrogen and oxygen atoms in total. The minimum Gasteiger partial charge on any atom is -0.394 e. The van der Waals surface area contributed by atoms with Crippen LogP contribution in [0.2, 0.25) is 5.02 Å².